The number of urea groups is 2. The molecule has 0 saturated heterocycles. The van der Waals surface area contributed by atoms with Crippen molar-refractivity contribution >= 4 is 55.9 Å². The summed E-state index contributed by atoms with van der Waals surface area (Å²) in [5.41, 5.74) is -0.775. The minimum Gasteiger partial charge on any atom is -0.465 e. The third-order valence-corrected chi connectivity index (χ3v) is 9.04. The quantitative estimate of drug-likeness (QED) is 0.0913. The average molecular weight is 937 g/mol. The summed E-state index contributed by atoms with van der Waals surface area (Å²) >= 11 is 0. The Bertz CT molecular complexity index is 2250. The number of nitrogens with zero attached hydrogens (tertiary/aromatic N) is 4. The zero-order valence-corrected chi connectivity index (χ0v) is 32.1. The van der Waals surface area contributed by atoms with Gasteiger partial charge in [-0.2, -0.15) is 55.1 Å². The summed E-state index contributed by atoms with van der Waals surface area (Å²) in [7, 11) is -7.27. The Labute approximate surface area is 341 Å². The highest BCUT2D eigenvalue weighted by atomic mass is 32.2. The summed E-state index contributed by atoms with van der Waals surface area (Å²) in [5.74, 6) is -7.61. The molecule has 2 aromatic carbocycles. The van der Waals surface area contributed by atoms with Gasteiger partial charge in [-0.1, -0.05) is 24.3 Å². The minimum absolute atomic E-state index is 0.387. The van der Waals surface area contributed by atoms with Crippen LogP contribution < -0.4 is 39.0 Å². The molecule has 0 fully saturated rings. The number of aromatic nitrogens is 4. The molecule has 2 aromatic heterocycles. The summed E-state index contributed by atoms with van der Waals surface area (Å²) in [6.45, 7) is -13.6. The smallest absolute Gasteiger partial charge is 0.388 e. The van der Waals surface area contributed by atoms with Gasteiger partial charge in [0.15, 0.2) is 0 Å². The van der Waals surface area contributed by atoms with Crippen LogP contribution in [0.1, 0.15) is 20.7 Å². The zero-order valence-electron chi connectivity index (χ0n) is 30.4. The van der Waals surface area contributed by atoms with Gasteiger partial charge in [-0.15, -0.1) is 0 Å². The number of esters is 2. The molecule has 0 spiro atoms. The fourth-order valence-corrected chi connectivity index (χ4v) is 6.30. The lowest BCUT2D eigenvalue weighted by molar-refractivity contribution is -0.0594. The van der Waals surface area contributed by atoms with Gasteiger partial charge in [-0.3, -0.25) is 10.6 Å². The number of sulfonamides is 2. The summed E-state index contributed by atoms with van der Waals surface area (Å²) < 4.78 is 176. The molecular weight excluding hydrogens is 912 g/mol. The number of carbonyl (C=O) groups is 4. The number of carbonyl (C=O) groups excluding carboxylic acids is 4. The van der Waals surface area contributed by atoms with E-state index in [0.29, 0.717) is 12.1 Å². The molecule has 4 aromatic rings. The van der Waals surface area contributed by atoms with Gasteiger partial charge in [0.2, 0.25) is 35.4 Å². The number of halogens is 8. The summed E-state index contributed by atoms with van der Waals surface area (Å²) in [6, 6.07) is 7.43. The summed E-state index contributed by atoms with van der Waals surface area (Å²) in [6.07, 6.45) is 0. The van der Waals surface area contributed by atoms with Crippen molar-refractivity contribution in [1.82, 2.24) is 29.4 Å². The number of nitrogens with one attached hydrogen (secondary N) is 4. The van der Waals surface area contributed by atoms with E-state index in [1.165, 1.54) is 33.7 Å². The Morgan fingerprint density at radius 2 is 0.774 bits per heavy atom. The van der Waals surface area contributed by atoms with Crippen LogP contribution in [0.5, 0.6) is 23.5 Å². The van der Waals surface area contributed by atoms with Crippen LogP contribution in [0.25, 0.3) is 0 Å². The van der Waals surface area contributed by atoms with Crippen molar-refractivity contribution in [3.8, 4) is 23.5 Å². The van der Waals surface area contributed by atoms with E-state index in [4.69, 9.17) is 0 Å². The number of ether oxygens (including phenoxy) is 6. The first-order chi connectivity index (χ1) is 29.0. The van der Waals surface area contributed by atoms with Crippen LogP contribution in [0.2, 0.25) is 0 Å². The Hall–Kier alpha value is -7.38. The Morgan fingerprint density at radius 1 is 0.500 bits per heavy atom. The standard InChI is InChI=1S/2C15H12F4N4O7S/c2*1-28-11(24)7-4-2-3-5-8(7)31(26,27)23-15(25)22-14-20-9(29-12(16)17)6-10(21-14)30-13(18)19/h2*2-6,12-13H,1H3,(H2,20,21,22,23,25). The molecule has 336 valence electrons. The number of hydrogen-bond acceptors (Lipinski definition) is 18. The highest BCUT2D eigenvalue weighted by Gasteiger charge is 2.27. The largest absolute Gasteiger partial charge is 0.465 e. The monoisotopic (exact) mass is 936 g/mol. The van der Waals surface area contributed by atoms with Crippen LogP contribution in [0, 0.1) is 0 Å². The summed E-state index contributed by atoms with van der Waals surface area (Å²) in [4.78, 5) is 59.5. The SMILES string of the molecule is COC(=O)c1ccccc1S(=O)(=O)NC(=O)Nc1nc(OC(F)F)cc(OC(F)F)n1.COC(=O)c1ccccc1S(=O)(=O)NC(=O)Nc1nc(OC(F)F)cc(OC(F)F)n1. The fraction of sp³-hybridized carbons (Fsp3) is 0.200. The molecule has 0 aliphatic heterocycles. The highest BCUT2D eigenvalue weighted by Crippen LogP contribution is 2.24. The Balaban J connectivity index is 0.000000330. The van der Waals surface area contributed by atoms with Crippen molar-refractivity contribution in [2.24, 2.45) is 0 Å². The van der Waals surface area contributed by atoms with Crippen LogP contribution in [0.4, 0.5) is 56.6 Å². The molecule has 0 atom stereocenters. The van der Waals surface area contributed by atoms with Crippen molar-refractivity contribution < 1.29 is 99.6 Å². The molecule has 2 heterocycles. The second-order valence-electron chi connectivity index (χ2n) is 10.3. The molecular formula is C30H24F8N8O14S2. The van der Waals surface area contributed by atoms with Crippen molar-refractivity contribution in [2.45, 2.75) is 36.2 Å². The van der Waals surface area contributed by atoms with Gasteiger partial charge in [0.25, 0.3) is 20.0 Å². The lowest BCUT2D eigenvalue weighted by atomic mass is 10.2. The van der Waals surface area contributed by atoms with E-state index < -0.39 is 116 Å². The molecule has 4 N–H and O–H groups in total. The number of rotatable bonds is 16. The van der Waals surface area contributed by atoms with Crippen LogP contribution in [0.15, 0.2) is 70.5 Å². The minimum atomic E-state index is -4.64. The van der Waals surface area contributed by atoms with Crippen LogP contribution in [-0.2, 0) is 29.5 Å². The van der Waals surface area contributed by atoms with E-state index in [1.807, 2.05) is 0 Å². The van der Waals surface area contributed by atoms with Gasteiger partial charge in [-0.25, -0.2) is 45.5 Å². The normalized spacial score (nSPS) is 11.2. The van der Waals surface area contributed by atoms with Crippen LogP contribution in [-0.4, -0.2) is 101 Å². The van der Waals surface area contributed by atoms with E-state index in [2.05, 4.69) is 48.4 Å². The highest BCUT2D eigenvalue weighted by molar-refractivity contribution is 7.90. The lowest BCUT2D eigenvalue weighted by Gasteiger charge is -2.12. The molecule has 0 unspecified atom stereocenters. The third-order valence-electron chi connectivity index (χ3n) is 6.27. The third kappa shape index (κ3) is 15.0. The van der Waals surface area contributed by atoms with Crippen LogP contribution in [0.3, 0.4) is 0 Å². The van der Waals surface area contributed by atoms with Gasteiger partial charge >= 0.3 is 50.4 Å². The second-order valence-corrected chi connectivity index (χ2v) is 13.6. The van der Waals surface area contributed by atoms with E-state index in [1.54, 1.807) is 10.6 Å². The first-order valence-electron chi connectivity index (χ1n) is 15.6. The number of amides is 4. The maximum atomic E-state index is 12.4. The predicted molar refractivity (Wildman–Crippen MR) is 185 cm³/mol. The number of hydrogen-bond donors (Lipinski definition) is 4. The fourth-order valence-electron chi connectivity index (χ4n) is 4.09. The maximum Gasteiger partial charge on any atom is 0.388 e. The molecule has 62 heavy (non-hydrogen) atoms. The maximum absolute atomic E-state index is 12.4. The topological polar surface area (TPSA) is 292 Å². The molecule has 0 aliphatic rings. The second kappa shape index (κ2) is 21.7. The van der Waals surface area contributed by atoms with Crippen molar-refractivity contribution in [2.75, 3.05) is 24.9 Å². The van der Waals surface area contributed by atoms with Crippen LogP contribution >= 0.6 is 0 Å². The molecule has 0 bridgehead atoms. The Kier molecular flexibility index (Phi) is 17.2. The first-order valence-corrected chi connectivity index (χ1v) is 18.6. The van der Waals surface area contributed by atoms with Gasteiger partial charge in [0.05, 0.1) is 37.5 Å². The molecule has 4 rings (SSSR count). The van der Waals surface area contributed by atoms with Gasteiger partial charge in [0.1, 0.15) is 9.79 Å². The Morgan fingerprint density at radius 3 is 1.03 bits per heavy atom. The molecule has 0 aliphatic carbocycles. The van der Waals surface area contributed by atoms with E-state index in [-0.39, 0.29) is 11.1 Å². The zero-order chi connectivity index (χ0) is 46.4. The predicted octanol–water partition coefficient (Wildman–Crippen LogP) is 3.95. The number of anilines is 2. The summed E-state index contributed by atoms with van der Waals surface area (Å²) in [5, 5.41) is 3.48. The van der Waals surface area contributed by atoms with Gasteiger partial charge in [-0.05, 0) is 24.3 Å². The molecule has 4 amide bonds. The number of methoxy groups -OCH3 is 2. The van der Waals surface area contributed by atoms with E-state index in [0.717, 1.165) is 38.5 Å². The van der Waals surface area contributed by atoms with Crippen molar-refractivity contribution in [3.05, 3.63) is 71.8 Å². The average Bonchev–Trinajstić information content (AvgIpc) is 3.15. The first kappa shape index (κ1) is 49.0. The number of benzene rings is 2. The lowest BCUT2D eigenvalue weighted by Crippen LogP contribution is -2.35. The van der Waals surface area contributed by atoms with Crippen molar-refractivity contribution in [3.63, 3.8) is 0 Å². The molecule has 0 saturated carbocycles. The molecule has 22 nitrogen and oxygen atoms in total. The van der Waals surface area contributed by atoms with Gasteiger partial charge in [0, 0.05) is 0 Å². The number of alkyl halides is 8. The van der Waals surface area contributed by atoms with E-state index >= 15 is 0 Å². The van der Waals surface area contributed by atoms with Gasteiger partial charge < -0.3 is 28.4 Å². The van der Waals surface area contributed by atoms with Crippen molar-refractivity contribution in [1.29, 1.82) is 0 Å². The van der Waals surface area contributed by atoms with E-state index in [9.17, 15) is 71.1 Å². The molecule has 0 radical (unpaired) electrons. The molecule has 32 heteroatoms.